The Labute approximate surface area is 247 Å². The molecule has 0 aliphatic carbocycles. The summed E-state index contributed by atoms with van der Waals surface area (Å²) in [6.07, 6.45) is 1.78. The van der Waals surface area contributed by atoms with Crippen LogP contribution in [0.4, 0.5) is 0 Å². The average Bonchev–Trinajstić information content (AvgIpc) is 3.41. The maximum Gasteiger partial charge on any atom is 0.243 e. The summed E-state index contributed by atoms with van der Waals surface area (Å²) in [6, 6.07) is 26.8. The molecule has 2 aromatic heterocycles. The van der Waals surface area contributed by atoms with E-state index < -0.39 is 10.0 Å². The van der Waals surface area contributed by atoms with Crippen LogP contribution in [-0.4, -0.2) is 47.7 Å². The number of aromatic nitrogens is 2. The van der Waals surface area contributed by atoms with Gasteiger partial charge in [-0.25, -0.2) is 12.9 Å². The quantitative estimate of drug-likeness (QED) is 0.131. The monoisotopic (exact) mass is 633 g/mol. The van der Waals surface area contributed by atoms with Gasteiger partial charge in [-0.3, -0.25) is 4.79 Å². The standard InChI is InChI=1S/C31H28BrN3O5S/c1-39-25-12-6-22(7-13-25)20-34(21-23-8-14-26(40-2)15-9-23)41(37,38)27-16-10-24(11-17-27)30-28-5-3-4-18-35(28)33-31(30)29(36)19-32/h3-18H,19-21H2,1-2H3. The molecule has 0 amide bonds. The summed E-state index contributed by atoms with van der Waals surface area (Å²) >= 11 is 3.24. The van der Waals surface area contributed by atoms with Gasteiger partial charge in [0.05, 0.1) is 30.0 Å². The Kier molecular flexibility index (Phi) is 8.53. The topological polar surface area (TPSA) is 90.2 Å². The van der Waals surface area contributed by atoms with Gasteiger partial charge in [0.15, 0.2) is 5.78 Å². The zero-order chi connectivity index (χ0) is 29.0. The Morgan fingerprint density at radius 1 is 0.829 bits per heavy atom. The van der Waals surface area contributed by atoms with Crippen LogP contribution in [0.2, 0.25) is 0 Å². The molecule has 0 N–H and O–H groups in total. The van der Waals surface area contributed by atoms with Crippen molar-refractivity contribution in [3.63, 3.8) is 0 Å². The fourth-order valence-corrected chi connectivity index (χ4v) is 6.26. The van der Waals surface area contributed by atoms with Gasteiger partial charge >= 0.3 is 0 Å². The SMILES string of the molecule is COc1ccc(CN(Cc2ccc(OC)cc2)S(=O)(=O)c2ccc(-c3c(C(=O)CBr)nn4ccccc34)cc2)cc1. The zero-order valence-corrected chi connectivity index (χ0v) is 24.9. The lowest BCUT2D eigenvalue weighted by molar-refractivity contribution is 0.101. The molecule has 0 spiro atoms. The molecule has 3 aromatic carbocycles. The molecule has 10 heteroatoms. The molecule has 0 bridgehead atoms. The third-order valence-electron chi connectivity index (χ3n) is 6.74. The van der Waals surface area contributed by atoms with Crippen LogP contribution in [0.15, 0.2) is 102 Å². The number of sulfonamides is 1. The maximum absolute atomic E-state index is 14.0. The second-order valence-corrected chi connectivity index (χ2v) is 11.8. The van der Waals surface area contributed by atoms with Crippen LogP contribution in [0.1, 0.15) is 21.6 Å². The largest absolute Gasteiger partial charge is 0.497 e. The molecule has 0 saturated carbocycles. The van der Waals surface area contributed by atoms with E-state index in [0.29, 0.717) is 28.3 Å². The lowest BCUT2D eigenvalue weighted by atomic mass is 10.0. The van der Waals surface area contributed by atoms with Crippen LogP contribution in [0.3, 0.4) is 0 Å². The summed E-state index contributed by atoms with van der Waals surface area (Å²) in [5, 5.41) is 4.60. The second-order valence-electron chi connectivity index (χ2n) is 9.30. The normalized spacial score (nSPS) is 11.6. The van der Waals surface area contributed by atoms with Gasteiger partial charge in [-0.15, -0.1) is 0 Å². The minimum atomic E-state index is -3.91. The highest BCUT2D eigenvalue weighted by molar-refractivity contribution is 9.09. The number of ether oxygens (including phenoxy) is 2. The molecule has 0 aliphatic rings. The lowest BCUT2D eigenvalue weighted by Crippen LogP contribution is -2.30. The summed E-state index contributed by atoms with van der Waals surface area (Å²) in [5.74, 6) is 1.23. The van der Waals surface area contributed by atoms with Gasteiger partial charge in [-0.2, -0.15) is 9.40 Å². The molecule has 0 aliphatic heterocycles. The predicted octanol–water partition coefficient (Wildman–Crippen LogP) is 5.99. The van der Waals surface area contributed by atoms with Crippen molar-refractivity contribution in [2.24, 2.45) is 0 Å². The number of Topliss-reactive ketones (excluding diaryl/α,β-unsaturated/α-hetero) is 1. The third-order valence-corrected chi connectivity index (χ3v) is 9.06. The molecular weight excluding hydrogens is 606 g/mol. The van der Waals surface area contributed by atoms with Gasteiger partial charge in [-0.05, 0) is 65.2 Å². The number of nitrogens with zero attached hydrogens (tertiary/aromatic N) is 3. The highest BCUT2D eigenvalue weighted by atomic mass is 79.9. The van der Waals surface area contributed by atoms with Crippen LogP contribution >= 0.6 is 15.9 Å². The molecule has 0 atom stereocenters. The van der Waals surface area contributed by atoms with E-state index in [-0.39, 0.29) is 29.1 Å². The second kappa shape index (κ2) is 12.3. The van der Waals surface area contributed by atoms with Gasteiger partial charge < -0.3 is 9.47 Å². The van der Waals surface area contributed by atoms with Crippen LogP contribution in [0.5, 0.6) is 11.5 Å². The zero-order valence-electron chi connectivity index (χ0n) is 22.5. The highest BCUT2D eigenvalue weighted by Crippen LogP contribution is 2.31. The van der Waals surface area contributed by atoms with E-state index in [1.807, 2.05) is 66.7 Å². The molecule has 5 rings (SSSR count). The van der Waals surface area contributed by atoms with Crippen molar-refractivity contribution in [2.45, 2.75) is 18.0 Å². The minimum absolute atomic E-state index is 0.127. The number of benzene rings is 3. The number of hydrogen-bond donors (Lipinski definition) is 0. The number of pyridine rings is 1. The van der Waals surface area contributed by atoms with Crippen molar-refractivity contribution in [2.75, 3.05) is 19.5 Å². The molecule has 5 aromatic rings. The molecular formula is C31H28BrN3O5S. The predicted molar refractivity (Wildman–Crippen MR) is 161 cm³/mol. The fourth-order valence-electron chi connectivity index (χ4n) is 4.58. The molecule has 8 nitrogen and oxygen atoms in total. The van der Waals surface area contributed by atoms with E-state index in [9.17, 15) is 13.2 Å². The van der Waals surface area contributed by atoms with Crippen molar-refractivity contribution in [1.29, 1.82) is 0 Å². The number of halogens is 1. The van der Waals surface area contributed by atoms with Crippen LogP contribution in [0.25, 0.3) is 16.6 Å². The van der Waals surface area contributed by atoms with Gasteiger partial charge in [-0.1, -0.05) is 58.4 Å². The first-order valence-electron chi connectivity index (χ1n) is 12.8. The Morgan fingerprint density at radius 3 is 1.90 bits per heavy atom. The van der Waals surface area contributed by atoms with E-state index in [0.717, 1.165) is 16.6 Å². The van der Waals surface area contributed by atoms with Crippen LogP contribution in [0, 0.1) is 0 Å². The molecule has 0 saturated heterocycles. The molecule has 0 fully saturated rings. The van der Waals surface area contributed by atoms with Crippen LogP contribution in [-0.2, 0) is 23.1 Å². The molecule has 0 radical (unpaired) electrons. The molecule has 210 valence electrons. The Morgan fingerprint density at radius 2 is 1.39 bits per heavy atom. The van der Waals surface area contributed by atoms with E-state index in [4.69, 9.17) is 9.47 Å². The number of hydrogen-bond acceptors (Lipinski definition) is 6. The summed E-state index contributed by atoms with van der Waals surface area (Å²) in [7, 11) is -0.736. The first-order valence-corrected chi connectivity index (χ1v) is 15.3. The maximum atomic E-state index is 14.0. The number of carbonyl (C=O) groups excluding carboxylic acids is 1. The number of methoxy groups -OCH3 is 2. The number of alkyl halides is 1. The molecule has 2 heterocycles. The van der Waals surface area contributed by atoms with Crippen molar-refractivity contribution in [3.8, 4) is 22.6 Å². The van der Waals surface area contributed by atoms with Crippen molar-refractivity contribution in [1.82, 2.24) is 13.9 Å². The molecule has 0 unspecified atom stereocenters. The van der Waals surface area contributed by atoms with Crippen molar-refractivity contribution in [3.05, 3.63) is 114 Å². The van der Waals surface area contributed by atoms with Crippen molar-refractivity contribution < 1.29 is 22.7 Å². The summed E-state index contributed by atoms with van der Waals surface area (Å²) in [5.41, 5.74) is 4.09. The van der Waals surface area contributed by atoms with Gasteiger partial charge in [0.25, 0.3) is 0 Å². The summed E-state index contributed by atoms with van der Waals surface area (Å²) in [6.45, 7) is 0.329. The first-order chi connectivity index (χ1) is 19.8. The first kappa shape index (κ1) is 28.5. The summed E-state index contributed by atoms with van der Waals surface area (Å²) in [4.78, 5) is 12.8. The van der Waals surface area contributed by atoms with E-state index >= 15 is 0 Å². The van der Waals surface area contributed by atoms with Gasteiger partial charge in [0, 0.05) is 24.8 Å². The van der Waals surface area contributed by atoms with Gasteiger partial charge in [0.1, 0.15) is 17.2 Å². The Balaban J connectivity index is 1.51. The lowest BCUT2D eigenvalue weighted by Gasteiger charge is -2.23. The average molecular weight is 635 g/mol. The van der Waals surface area contributed by atoms with Gasteiger partial charge in [0.2, 0.25) is 10.0 Å². The number of carbonyl (C=O) groups is 1. The Hall–Kier alpha value is -3.99. The number of ketones is 1. The van der Waals surface area contributed by atoms with E-state index in [1.165, 1.54) is 4.31 Å². The molecule has 41 heavy (non-hydrogen) atoms. The van der Waals surface area contributed by atoms with Crippen molar-refractivity contribution >= 4 is 37.3 Å². The fraction of sp³-hybridized carbons (Fsp3) is 0.161. The highest BCUT2D eigenvalue weighted by Gasteiger charge is 2.26. The number of fused-ring (bicyclic) bond motifs is 1. The number of rotatable bonds is 11. The summed E-state index contributed by atoms with van der Waals surface area (Å²) < 4.78 is 41.6. The van der Waals surface area contributed by atoms with Crippen LogP contribution < -0.4 is 9.47 Å². The minimum Gasteiger partial charge on any atom is -0.497 e. The smallest absolute Gasteiger partial charge is 0.243 e. The van der Waals surface area contributed by atoms with E-state index in [1.54, 1.807) is 49.2 Å². The van der Waals surface area contributed by atoms with E-state index in [2.05, 4.69) is 21.0 Å². The Bertz CT molecular complexity index is 1720. The third kappa shape index (κ3) is 6.04.